The summed E-state index contributed by atoms with van der Waals surface area (Å²) < 4.78 is 13.3. The predicted molar refractivity (Wildman–Crippen MR) is 98.2 cm³/mol. The molecule has 2 unspecified atom stereocenters. The van der Waals surface area contributed by atoms with E-state index in [1.54, 1.807) is 0 Å². The first kappa shape index (κ1) is 19.7. The Balaban J connectivity index is 1.92. The molecular weight excluding hydrogens is 343 g/mol. The maximum absolute atomic E-state index is 13.3. The summed E-state index contributed by atoms with van der Waals surface area (Å²) in [5, 5.41) is 2.97. The van der Waals surface area contributed by atoms with Crippen molar-refractivity contribution < 1.29 is 14.0 Å². The Labute approximate surface area is 153 Å². The van der Waals surface area contributed by atoms with Crippen molar-refractivity contribution in [2.24, 2.45) is 11.8 Å². The Morgan fingerprint density at radius 1 is 1.44 bits per heavy atom. The van der Waals surface area contributed by atoms with Crippen LogP contribution in [-0.2, 0) is 9.59 Å². The molecule has 2 atom stereocenters. The van der Waals surface area contributed by atoms with Crippen LogP contribution < -0.4 is 10.2 Å². The van der Waals surface area contributed by atoms with Gasteiger partial charge in [0.25, 0.3) is 0 Å². The first-order valence-corrected chi connectivity index (χ1v) is 9.37. The lowest BCUT2D eigenvalue weighted by Crippen LogP contribution is -2.35. The lowest BCUT2D eigenvalue weighted by atomic mass is 9.99. The summed E-state index contributed by atoms with van der Waals surface area (Å²) >= 11 is 5.79. The minimum absolute atomic E-state index is 0.0279. The number of carbonyl (C=O) groups excluding carboxylic acids is 2. The Kier molecular flexibility index (Phi) is 7.24. The Morgan fingerprint density at radius 3 is 2.84 bits per heavy atom. The van der Waals surface area contributed by atoms with Crippen LogP contribution >= 0.6 is 11.6 Å². The summed E-state index contributed by atoms with van der Waals surface area (Å²) in [6, 6.07) is 4.17. The fourth-order valence-electron chi connectivity index (χ4n) is 3.12. The average Bonchev–Trinajstić information content (AvgIpc) is 2.99. The second-order valence-electron chi connectivity index (χ2n) is 6.67. The van der Waals surface area contributed by atoms with Gasteiger partial charge in [0.1, 0.15) is 5.82 Å². The van der Waals surface area contributed by atoms with E-state index in [1.807, 2.05) is 0 Å². The number of halogens is 2. The molecule has 2 rings (SSSR count). The van der Waals surface area contributed by atoms with Gasteiger partial charge in [-0.05, 0) is 30.5 Å². The first-order valence-electron chi connectivity index (χ1n) is 8.99. The van der Waals surface area contributed by atoms with Gasteiger partial charge >= 0.3 is 0 Å². The van der Waals surface area contributed by atoms with E-state index in [4.69, 9.17) is 11.6 Å². The minimum atomic E-state index is -0.524. The van der Waals surface area contributed by atoms with E-state index in [0.717, 1.165) is 25.7 Å². The normalized spacial score (nSPS) is 18.5. The van der Waals surface area contributed by atoms with Gasteiger partial charge in [0.2, 0.25) is 11.8 Å². The van der Waals surface area contributed by atoms with Gasteiger partial charge in [0, 0.05) is 25.2 Å². The number of carbonyl (C=O) groups is 2. The summed E-state index contributed by atoms with van der Waals surface area (Å²) in [4.78, 5) is 26.1. The standard InChI is InChI=1S/C19H26ClFN2O2/c1-3-5-6-13(4-2)11-22-19(25)14-9-18(24)23(12-14)15-7-8-17(21)16(20)10-15/h7-8,10,13-14H,3-6,9,11-12H2,1-2H3,(H,22,25). The Morgan fingerprint density at radius 2 is 2.20 bits per heavy atom. The third-order valence-electron chi connectivity index (χ3n) is 4.82. The van der Waals surface area contributed by atoms with Gasteiger partial charge in [0.15, 0.2) is 0 Å². The zero-order valence-corrected chi connectivity index (χ0v) is 15.6. The van der Waals surface area contributed by atoms with E-state index in [-0.39, 0.29) is 29.2 Å². The second-order valence-corrected chi connectivity index (χ2v) is 7.07. The van der Waals surface area contributed by atoms with Gasteiger partial charge in [-0.1, -0.05) is 44.7 Å². The third-order valence-corrected chi connectivity index (χ3v) is 5.11. The van der Waals surface area contributed by atoms with Gasteiger partial charge in [-0.15, -0.1) is 0 Å². The van der Waals surface area contributed by atoms with E-state index in [1.165, 1.54) is 23.1 Å². The molecule has 0 saturated carbocycles. The Bertz CT molecular complexity index is 623. The van der Waals surface area contributed by atoms with E-state index in [2.05, 4.69) is 19.2 Å². The minimum Gasteiger partial charge on any atom is -0.356 e. The molecule has 0 radical (unpaired) electrons. The maximum atomic E-state index is 13.3. The molecule has 25 heavy (non-hydrogen) atoms. The van der Waals surface area contributed by atoms with Crippen LogP contribution in [-0.4, -0.2) is 24.9 Å². The zero-order chi connectivity index (χ0) is 18.4. The molecule has 138 valence electrons. The highest BCUT2D eigenvalue weighted by Crippen LogP contribution is 2.28. The van der Waals surface area contributed by atoms with Crippen LogP contribution in [0.2, 0.25) is 5.02 Å². The smallest absolute Gasteiger partial charge is 0.227 e. The third kappa shape index (κ3) is 5.18. The second kappa shape index (κ2) is 9.18. The van der Waals surface area contributed by atoms with E-state index < -0.39 is 5.82 Å². The molecule has 1 N–H and O–H groups in total. The molecule has 1 heterocycles. The van der Waals surface area contributed by atoms with Crippen molar-refractivity contribution in [3.05, 3.63) is 29.0 Å². The molecule has 1 aliphatic heterocycles. The number of hydrogen-bond acceptors (Lipinski definition) is 2. The molecule has 1 aromatic carbocycles. The first-order chi connectivity index (χ1) is 12.0. The van der Waals surface area contributed by atoms with Crippen molar-refractivity contribution in [1.82, 2.24) is 5.32 Å². The molecule has 2 amide bonds. The SMILES string of the molecule is CCCCC(CC)CNC(=O)C1CC(=O)N(c2ccc(F)c(Cl)c2)C1. The molecular formula is C19H26ClFN2O2. The van der Waals surface area contributed by atoms with E-state index >= 15 is 0 Å². The van der Waals surface area contributed by atoms with Crippen molar-refractivity contribution in [2.75, 3.05) is 18.0 Å². The number of amides is 2. The highest BCUT2D eigenvalue weighted by atomic mass is 35.5. The summed E-state index contributed by atoms with van der Waals surface area (Å²) in [5.41, 5.74) is 0.529. The number of nitrogens with one attached hydrogen (secondary N) is 1. The molecule has 1 saturated heterocycles. The number of hydrogen-bond donors (Lipinski definition) is 1. The molecule has 4 nitrogen and oxygen atoms in total. The summed E-state index contributed by atoms with van der Waals surface area (Å²) in [5.74, 6) is -0.642. The van der Waals surface area contributed by atoms with Crippen LogP contribution in [0, 0.1) is 17.7 Å². The van der Waals surface area contributed by atoms with Crippen LogP contribution in [0.1, 0.15) is 46.0 Å². The molecule has 1 fully saturated rings. The fraction of sp³-hybridized carbons (Fsp3) is 0.579. The van der Waals surface area contributed by atoms with Gasteiger partial charge in [0.05, 0.1) is 10.9 Å². The average molecular weight is 369 g/mol. The van der Waals surface area contributed by atoms with Crippen molar-refractivity contribution in [3.8, 4) is 0 Å². The van der Waals surface area contributed by atoms with Crippen molar-refractivity contribution in [2.45, 2.75) is 46.0 Å². The Hall–Kier alpha value is -1.62. The van der Waals surface area contributed by atoms with Crippen LogP contribution in [0.15, 0.2) is 18.2 Å². The largest absolute Gasteiger partial charge is 0.356 e. The van der Waals surface area contributed by atoms with Crippen LogP contribution in [0.4, 0.5) is 10.1 Å². The quantitative estimate of drug-likeness (QED) is 0.748. The highest BCUT2D eigenvalue weighted by Gasteiger charge is 2.35. The highest BCUT2D eigenvalue weighted by molar-refractivity contribution is 6.31. The number of benzene rings is 1. The number of nitrogens with zero attached hydrogens (tertiary/aromatic N) is 1. The lowest BCUT2D eigenvalue weighted by molar-refractivity contribution is -0.126. The number of unbranched alkanes of at least 4 members (excludes halogenated alkanes) is 1. The van der Waals surface area contributed by atoms with Gasteiger partial charge in [-0.3, -0.25) is 9.59 Å². The number of anilines is 1. The van der Waals surface area contributed by atoms with Crippen molar-refractivity contribution >= 4 is 29.1 Å². The van der Waals surface area contributed by atoms with Gasteiger partial charge < -0.3 is 10.2 Å². The monoisotopic (exact) mass is 368 g/mol. The van der Waals surface area contributed by atoms with E-state index in [9.17, 15) is 14.0 Å². The summed E-state index contributed by atoms with van der Waals surface area (Å²) in [6.07, 6.45) is 4.62. The van der Waals surface area contributed by atoms with Crippen molar-refractivity contribution in [3.63, 3.8) is 0 Å². The van der Waals surface area contributed by atoms with Crippen molar-refractivity contribution in [1.29, 1.82) is 0 Å². The molecule has 0 bridgehead atoms. The van der Waals surface area contributed by atoms with Gasteiger partial charge in [-0.25, -0.2) is 4.39 Å². The molecule has 6 heteroatoms. The molecule has 1 aliphatic rings. The molecule has 0 aliphatic carbocycles. The van der Waals surface area contributed by atoms with Gasteiger partial charge in [-0.2, -0.15) is 0 Å². The van der Waals surface area contributed by atoms with Crippen LogP contribution in [0.25, 0.3) is 0 Å². The molecule has 1 aromatic rings. The molecule has 0 spiro atoms. The van der Waals surface area contributed by atoms with Crippen LogP contribution in [0.3, 0.4) is 0 Å². The summed E-state index contributed by atoms with van der Waals surface area (Å²) in [7, 11) is 0. The zero-order valence-electron chi connectivity index (χ0n) is 14.9. The van der Waals surface area contributed by atoms with E-state index in [0.29, 0.717) is 24.7 Å². The van der Waals surface area contributed by atoms with Crippen LogP contribution in [0.5, 0.6) is 0 Å². The fourth-order valence-corrected chi connectivity index (χ4v) is 3.29. The summed E-state index contributed by atoms with van der Waals surface area (Å²) in [6.45, 7) is 5.25. The lowest BCUT2D eigenvalue weighted by Gasteiger charge is -2.18. The number of rotatable bonds is 8. The predicted octanol–water partition coefficient (Wildman–Crippen LogP) is 4.16. The molecule has 0 aromatic heterocycles. The maximum Gasteiger partial charge on any atom is 0.227 e. The topological polar surface area (TPSA) is 49.4 Å².